The van der Waals surface area contributed by atoms with Crippen LogP contribution in [0.1, 0.15) is 29.8 Å². The molecule has 0 saturated carbocycles. The molecule has 0 bridgehead atoms. The minimum Gasteiger partial charge on any atom is -0.348 e. The number of rotatable bonds is 1. The Bertz CT molecular complexity index is 674. The van der Waals surface area contributed by atoms with Crippen molar-refractivity contribution < 1.29 is 4.79 Å². The van der Waals surface area contributed by atoms with Gasteiger partial charge in [0.1, 0.15) is 0 Å². The number of hydrogen-bond acceptors (Lipinski definition) is 1. The lowest BCUT2D eigenvalue weighted by atomic mass is 10.1. The number of aromatic nitrogens is 1. The van der Waals surface area contributed by atoms with Crippen molar-refractivity contribution in [3.63, 3.8) is 0 Å². The van der Waals surface area contributed by atoms with E-state index in [1.165, 1.54) is 11.3 Å². The van der Waals surface area contributed by atoms with E-state index in [4.69, 9.17) is 0 Å². The molecule has 3 rings (SSSR count). The number of nitrogens with one attached hydrogen (secondary N) is 1. The number of benzene rings is 1. The summed E-state index contributed by atoms with van der Waals surface area (Å²) in [6.45, 7) is 7.76. The first-order valence-corrected chi connectivity index (χ1v) is 7.37. The molecule has 0 radical (unpaired) electrons. The Morgan fingerprint density at radius 3 is 2.81 bits per heavy atom. The van der Waals surface area contributed by atoms with Crippen molar-refractivity contribution in [2.45, 2.75) is 33.4 Å². The summed E-state index contributed by atoms with van der Waals surface area (Å²) in [5.41, 5.74) is 4.40. The van der Waals surface area contributed by atoms with E-state index in [2.05, 4.69) is 42.1 Å². The molecule has 110 valence electrons. The number of aryl methyl sites for hydroxylation is 1. The van der Waals surface area contributed by atoms with E-state index in [-0.39, 0.29) is 12.1 Å². The van der Waals surface area contributed by atoms with Crippen LogP contribution >= 0.6 is 0 Å². The zero-order valence-electron chi connectivity index (χ0n) is 12.8. The molecule has 21 heavy (non-hydrogen) atoms. The Balaban J connectivity index is 1.79. The molecule has 1 aliphatic heterocycles. The summed E-state index contributed by atoms with van der Waals surface area (Å²) in [5, 5.41) is 3.05. The Morgan fingerprint density at radius 1 is 1.19 bits per heavy atom. The van der Waals surface area contributed by atoms with Crippen molar-refractivity contribution in [3.8, 4) is 0 Å². The van der Waals surface area contributed by atoms with E-state index in [1.807, 2.05) is 30.0 Å². The van der Waals surface area contributed by atoms with Crippen LogP contribution in [0.2, 0.25) is 0 Å². The fraction of sp³-hybridized carbons (Fsp3) is 0.353. The predicted octanol–water partition coefficient (Wildman–Crippen LogP) is 3.71. The third kappa shape index (κ3) is 2.42. The standard InChI is InChI=1S/C17H21N3O/c1-12-6-4-7-15(13(12)2)18-17(21)20-11-10-19-9-5-8-16(19)14(20)3/h4-9,14H,10-11H2,1-3H3,(H,18,21). The molecule has 1 aromatic heterocycles. The fourth-order valence-electron chi connectivity index (χ4n) is 2.93. The first-order valence-electron chi connectivity index (χ1n) is 7.37. The highest BCUT2D eigenvalue weighted by Gasteiger charge is 2.27. The van der Waals surface area contributed by atoms with Gasteiger partial charge < -0.3 is 14.8 Å². The number of urea groups is 1. The van der Waals surface area contributed by atoms with Gasteiger partial charge in [0.25, 0.3) is 0 Å². The largest absolute Gasteiger partial charge is 0.348 e. The minimum absolute atomic E-state index is 0.0244. The van der Waals surface area contributed by atoms with Gasteiger partial charge in [0.15, 0.2) is 0 Å². The van der Waals surface area contributed by atoms with Gasteiger partial charge in [-0.1, -0.05) is 12.1 Å². The Hall–Kier alpha value is -2.23. The summed E-state index contributed by atoms with van der Waals surface area (Å²) in [4.78, 5) is 14.5. The molecule has 0 saturated heterocycles. The highest BCUT2D eigenvalue weighted by atomic mass is 16.2. The summed E-state index contributed by atoms with van der Waals surface area (Å²) >= 11 is 0. The monoisotopic (exact) mass is 283 g/mol. The van der Waals surface area contributed by atoms with E-state index in [0.29, 0.717) is 0 Å². The highest BCUT2D eigenvalue weighted by molar-refractivity contribution is 5.90. The molecule has 1 atom stereocenters. The second-order valence-corrected chi connectivity index (χ2v) is 5.67. The topological polar surface area (TPSA) is 37.3 Å². The SMILES string of the molecule is Cc1cccc(NC(=O)N2CCn3cccc3C2C)c1C. The van der Waals surface area contributed by atoms with Gasteiger partial charge in [0.2, 0.25) is 0 Å². The zero-order chi connectivity index (χ0) is 15.0. The second kappa shape index (κ2) is 5.28. The smallest absolute Gasteiger partial charge is 0.322 e. The fourth-order valence-corrected chi connectivity index (χ4v) is 2.93. The number of carbonyl (C=O) groups is 1. The van der Waals surface area contributed by atoms with Crippen molar-refractivity contribution in [1.82, 2.24) is 9.47 Å². The molecule has 1 N–H and O–H groups in total. The molecule has 1 aliphatic rings. The summed E-state index contributed by atoms with van der Waals surface area (Å²) in [7, 11) is 0. The van der Waals surface area contributed by atoms with Gasteiger partial charge in [-0.05, 0) is 50.1 Å². The normalized spacial score (nSPS) is 17.5. The average molecular weight is 283 g/mol. The number of nitrogens with zero attached hydrogens (tertiary/aromatic N) is 2. The van der Waals surface area contributed by atoms with Crippen molar-refractivity contribution in [2.24, 2.45) is 0 Å². The van der Waals surface area contributed by atoms with Crippen molar-refractivity contribution in [3.05, 3.63) is 53.3 Å². The third-order valence-corrected chi connectivity index (χ3v) is 4.45. The third-order valence-electron chi connectivity index (χ3n) is 4.45. The number of carbonyl (C=O) groups excluding carboxylic acids is 1. The first kappa shape index (κ1) is 13.7. The number of fused-ring (bicyclic) bond motifs is 1. The maximum absolute atomic E-state index is 12.6. The molecular formula is C17H21N3O. The molecule has 2 aromatic rings. The van der Waals surface area contributed by atoms with Crippen LogP contribution < -0.4 is 5.32 Å². The van der Waals surface area contributed by atoms with Gasteiger partial charge in [-0.2, -0.15) is 0 Å². The summed E-state index contributed by atoms with van der Waals surface area (Å²) < 4.78 is 2.21. The van der Waals surface area contributed by atoms with E-state index >= 15 is 0 Å². The molecule has 1 unspecified atom stereocenters. The van der Waals surface area contributed by atoms with Crippen LogP contribution in [0.25, 0.3) is 0 Å². The Labute approximate surface area is 125 Å². The second-order valence-electron chi connectivity index (χ2n) is 5.67. The Kier molecular flexibility index (Phi) is 3.45. The van der Waals surface area contributed by atoms with E-state index in [9.17, 15) is 4.79 Å². The lowest BCUT2D eigenvalue weighted by molar-refractivity contribution is 0.175. The van der Waals surface area contributed by atoms with Gasteiger partial charge >= 0.3 is 6.03 Å². The van der Waals surface area contributed by atoms with Gasteiger partial charge in [-0.15, -0.1) is 0 Å². The quantitative estimate of drug-likeness (QED) is 0.851. The maximum Gasteiger partial charge on any atom is 0.322 e. The Morgan fingerprint density at radius 2 is 2.00 bits per heavy atom. The number of anilines is 1. The molecule has 2 heterocycles. The molecule has 4 nitrogen and oxygen atoms in total. The lowest BCUT2D eigenvalue weighted by Gasteiger charge is -2.35. The van der Waals surface area contributed by atoms with Gasteiger partial charge in [0, 0.05) is 30.7 Å². The average Bonchev–Trinajstić information content (AvgIpc) is 2.93. The van der Waals surface area contributed by atoms with Crippen LogP contribution in [0.5, 0.6) is 0 Å². The van der Waals surface area contributed by atoms with E-state index in [0.717, 1.165) is 24.3 Å². The molecule has 0 spiro atoms. The maximum atomic E-state index is 12.6. The van der Waals surface area contributed by atoms with Crippen LogP contribution in [-0.4, -0.2) is 22.0 Å². The first-order chi connectivity index (χ1) is 10.1. The van der Waals surface area contributed by atoms with Crippen LogP contribution in [0.3, 0.4) is 0 Å². The van der Waals surface area contributed by atoms with Crippen LogP contribution in [0.15, 0.2) is 36.5 Å². The van der Waals surface area contributed by atoms with Crippen LogP contribution in [0, 0.1) is 13.8 Å². The molecule has 4 heteroatoms. The summed E-state index contributed by atoms with van der Waals surface area (Å²) in [6.07, 6.45) is 2.08. The number of amides is 2. The number of hydrogen-bond donors (Lipinski definition) is 1. The van der Waals surface area contributed by atoms with Gasteiger partial charge in [-0.3, -0.25) is 0 Å². The summed E-state index contributed by atoms with van der Waals surface area (Å²) in [6, 6.07) is 10.2. The summed E-state index contributed by atoms with van der Waals surface area (Å²) in [5.74, 6) is 0. The molecule has 0 fully saturated rings. The predicted molar refractivity (Wildman–Crippen MR) is 84.5 cm³/mol. The minimum atomic E-state index is -0.0244. The van der Waals surface area contributed by atoms with Gasteiger partial charge in [0.05, 0.1) is 6.04 Å². The van der Waals surface area contributed by atoms with E-state index < -0.39 is 0 Å². The van der Waals surface area contributed by atoms with Crippen LogP contribution in [0.4, 0.5) is 10.5 Å². The van der Waals surface area contributed by atoms with E-state index in [1.54, 1.807) is 0 Å². The zero-order valence-corrected chi connectivity index (χ0v) is 12.8. The molecule has 0 aliphatic carbocycles. The molecule has 2 amide bonds. The van der Waals surface area contributed by atoms with Crippen molar-refractivity contribution >= 4 is 11.7 Å². The highest BCUT2D eigenvalue weighted by Crippen LogP contribution is 2.26. The van der Waals surface area contributed by atoms with Crippen molar-refractivity contribution in [1.29, 1.82) is 0 Å². The molecular weight excluding hydrogens is 262 g/mol. The van der Waals surface area contributed by atoms with Crippen molar-refractivity contribution in [2.75, 3.05) is 11.9 Å². The lowest BCUT2D eigenvalue weighted by Crippen LogP contribution is -2.43. The van der Waals surface area contributed by atoms with Gasteiger partial charge in [-0.25, -0.2) is 4.79 Å². The molecule has 1 aromatic carbocycles. The van der Waals surface area contributed by atoms with Crippen LogP contribution in [-0.2, 0) is 6.54 Å².